The van der Waals surface area contributed by atoms with Gasteiger partial charge in [0.05, 0.1) is 0 Å². The molecule has 0 N–H and O–H groups in total. The lowest BCUT2D eigenvalue weighted by Gasteiger charge is -2.31. The van der Waals surface area contributed by atoms with Crippen LogP contribution in [0.5, 0.6) is 0 Å². The Hall–Kier alpha value is -0.0400. The summed E-state index contributed by atoms with van der Waals surface area (Å²) in [5, 5.41) is 0. The summed E-state index contributed by atoms with van der Waals surface area (Å²) in [6.07, 6.45) is 4.52. The Morgan fingerprint density at radius 3 is 2.67 bits per heavy atom. The van der Waals surface area contributed by atoms with Crippen molar-refractivity contribution >= 4 is 0 Å². The number of fused-ring (bicyclic) bond motifs is 1. The maximum atomic E-state index is 2.68. The first-order chi connectivity index (χ1) is 4.29. The van der Waals surface area contributed by atoms with E-state index in [0.29, 0.717) is 0 Å². The first-order valence-corrected chi connectivity index (χ1v) is 4.04. The molecule has 0 aromatic carbocycles. The predicted molar refractivity (Wildman–Crippen MR) is 36.2 cm³/mol. The summed E-state index contributed by atoms with van der Waals surface area (Å²) < 4.78 is 0. The second kappa shape index (κ2) is 1.07. The number of hydrogen-bond donors (Lipinski definition) is 0. The van der Waals surface area contributed by atoms with E-state index in [-0.39, 0.29) is 0 Å². The lowest BCUT2D eigenvalue weighted by Crippen LogP contribution is -2.30. The molecule has 4 rings (SSSR count). The number of nitrogens with zero attached hydrogens (tertiary/aromatic N) is 1. The molecule has 4 unspecified atom stereocenters. The second-order valence-electron chi connectivity index (χ2n) is 4.36. The van der Waals surface area contributed by atoms with Crippen LogP contribution in [-0.4, -0.2) is 23.5 Å². The van der Waals surface area contributed by atoms with E-state index >= 15 is 0 Å². The standard InChI is InChI=1S/C8H13N/c1-8-3-2-6-7(4-8)9(6)5-8/h6-7H,2-5H2,1H3. The largest absolute Gasteiger partial charge is 0.294 e. The number of rotatable bonds is 0. The van der Waals surface area contributed by atoms with Crippen LogP contribution in [0.25, 0.3) is 0 Å². The van der Waals surface area contributed by atoms with Gasteiger partial charge in [-0.2, -0.15) is 0 Å². The van der Waals surface area contributed by atoms with Gasteiger partial charge in [-0.3, -0.25) is 4.90 Å². The molecule has 4 bridgehead atoms. The van der Waals surface area contributed by atoms with Gasteiger partial charge in [-0.15, -0.1) is 0 Å². The van der Waals surface area contributed by atoms with Gasteiger partial charge in [0.1, 0.15) is 0 Å². The smallest absolute Gasteiger partial charge is 0.0261 e. The van der Waals surface area contributed by atoms with Crippen molar-refractivity contribution in [3.05, 3.63) is 0 Å². The van der Waals surface area contributed by atoms with E-state index in [1.807, 2.05) is 0 Å². The van der Waals surface area contributed by atoms with Crippen molar-refractivity contribution in [2.75, 3.05) is 6.54 Å². The highest BCUT2D eigenvalue weighted by molar-refractivity contribution is 5.16. The minimum atomic E-state index is 0.749. The molecule has 0 radical (unpaired) electrons. The fraction of sp³-hybridized carbons (Fsp3) is 1.00. The van der Waals surface area contributed by atoms with E-state index in [4.69, 9.17) is 0 Å². The van der Waals surface area contributed by atoms with Crippen molar-refractivity contribution in [1.29, 1.82) is 0 Å². The van der Waals surface area contributed by atoms with Crippen molar-refractivity contribution in [3.8, 4) is 0 Å². The molecular weight excluding hydrogens is 110 g/mol. The van der Waals surface area contributed by atoms with E-state index < -0.39 is 0 Å². The molecule has 0 aromatic heterocycles. The summed E-state index contributed by atoms with van der Waals surface area (Å²) in [4.78, 5) is 2.68. The topological polar surface area (TPSA) is 3.01 Å². The molecule has 1 aliphatic carbocycles. The second-order valence-corrected chi connectivity index (χ2v) is 4.36. The highest BCUT2D eigenvalue weighted by Crippen LogP contribution is 2.56. The summed E-state index contributed by atoms with van der Waals surface area (Å²) in [6, 6.07) is 2.09. The Bertz CT molecular complexity index is 152. The van der Waals surface area contributed by atoms with E-state index in [2.05, 4.69) is 11.8 Å². The normalized spacial score (nSPS) is 68.3. The molecule has 3 aliphatic heterocycles. The third-order valence-electron chi connectivity index (χ3n) is 3.52. The number of hydrogen-bond acceptors (Lipinski definition) is 1. The van der Waals surface area contributed by atoms with Gasteiger partial charge in [-0.25, -0.2) is 0 Å². The Labute approximate surface area is 56.0 Å². The molecule has 9 heavy (non-hydrogen) atoms. The third kappa shape index (κ3) is 0.420. The van der Waals surface area contributed by atoms with Crippen LogP contribution in [0.1, 0.15) is 26.2 Å². The zero-order valence-corrected chi connectivity index (χ0v) is 5.93. The van der Waals surface area contributed by atoms with Crippen LogP contribution in [-0.2, 0) is 0 Å². The van der Waals surface area contributed by atoms with E-state index in [9.17, 15) is 0 Å². The van der Waals surface area contributed by atoms with Gasteiger partial charge in [-0.05, 0) is 24.7 Å². The summed E-state index contributed by atoms with van der Waals surface area (Å²) in [6.45, 7) is 3.87. The first-order valence-electron chi connectivity index (χ1n) is 4.04. The molecule has 3 heterocycles. The molecule has 0 spiro atoms. The fourth-order valence-corrected chi connectivity index (χ4v) is 2.93. The monoisotopic (exact) mass is 123 g/mol. The molecule has 4 atom stereocenters. The highest BCUT2D eigenvalue weighted by atomic mass is 15.4. The lowest BCUT2D eigenvalue weighted by atomic mass is 9.76. The van der Waals surface area contributed by atoms with Crippen LogP contribution in [0.4, 0.5) is 0 Å². The van der Waals surface area contributed by atoms with Gasteiger partial charge in [0.15, 0.2) is 0 Å². The number of piperidine rings is 2. The van der Waals surface area contributed by atoms with E-state index in [0.717, 1.165) is 17.5 Å². The van der Waals surface area contributed by atoms with Crippen LogP contribution >= 0.6 is 0 Å². The maximum Gasteiger partial charge on any atom is 0.0261 e. The lowest BCUT2D eigenvalue weighted by molar-refractivity contribution is 0.211. The van der Waals surface area contributed by atoms with Crippen molar-refractivity contribution in [1.82, 2.24) is 4.90 Å². The van der Waals surface area contributed by atoms with Crippen LogP contribution in [0, 0.1) is 5.41 Å². The molecular formula is C8H13N. The predicted octanol–water partition coefficient (Wildman–Crippen LogP) is 1.24. The quantitative estimate of drug-likeness (QED) is 0.438. The Morgan fingerprint density at radius 1 is 1.44 bits per heavy atom. The van der Waals surface area contributed by atoms with Crippen molar-refractivity contribution < 1.29 is 0 Å². The molecule has 1 saturated carbocycles. The van der Waals surface area contributed by atoms with Crippen molar-refractivity contribution in [2.24, 2.45) is 5.41 Å². The molecule has 1 heteroatoms. The van der Waals surface area contributed by atoms with Crippen LogP contribution in [0.15, 0.2) is 0 Å². The van der Waals surface area contributed by atoms with Gasteiger partial charge in [0, 0.05) is 18.6 Å². The zero-order valence-electron chi connectivity index (χ0n) is 5.93. The minimum Gasteiger partial charge on any atom is -0.294 e. The first kappa shape index (κ1) is 4.73. The van der Waals surface area contributed by atoms with Gasteiger partial charge in [0.2, 0.25) is 0 Å². The summed E-state index contributed by atoms with van der Waals surface area (Å²) in [7, 11) is 0. The van der Waals surface area contributed by atoms with Gasteiger partial charge >= 0.3 is 0 Å². The Morgan fingerprint density at radius 2 is 2.33 bits per heavy atom. The van der Waals surface area contributed by atoms with Gasteiger partial charge in [-0.1, -0.05) is 6.92 Å². The molecule has 4 aliphatic rings. The summed E-state index contributed by atoms with van der Waals surface area (Å²) in [5.41, 5.74) is 0.749. The maximum absolute atomic E-state index is 2.68. The molecule has 4 fully saturated rings. The van der Waals surface area contributed by atoms with E-state index in [1.165, 1.54) is 25.8 Å². The van der Waals surface area contributed by atoms with Crippen molar-refractivity contribution in [3.63, 3.8) is 0 Å². The van der Waals surface area contributed by atoms with Crippen LogP contribution in [0.3, 0.4) is 0 Å². The van der Waals surface area contributed by atoms with Crippen LogP contribution < -0.4 is 0 Å². The molecule has 3 saturated heterocycles. The summed E-state index contributed by atoms with van der Waals surface area (Å²) in [5.74, 6) is 0. The van der Waals surface area contributed by atoms with Crippen LogP contribution in [0.2, 0.25) is 0 Å². The Balaban J connectivity index is 1.99. The Kier molecular flexibility index (Phi) is 0.563. The molecule has 0 amide bonds. The van der Waals surface area contributed by atoms with Gasteiger partial charge in [0.25, 0.3) is 0 Å². The zero-order chi connectivity index (χ0) is 6.06. The minimum absolute atomic E-state index is 0.749. The van der Waals surface area contributed by atoms with Crippen molar-refractivity contribution in [2.45, 2.75) is 38.3 Å². The average Bonchev–Trinajstić information content (AvgIpc) is 2.36. The highest BCUT2D eigenvalue weighted by Gasteiger charge is 2.61. The molecule has 50 valence electrons. The average molecular weight is 123 g/mol. The SMILES string of the molecule is CC12CCC3C(C1)N3C2. The summed E-state index contributed by atoms with van der Waals surface area (Å²) >= 11 is 0. The fourth-order valence-electron chi connectivity index (χ4n) is 2.93. The third-order valence-corrected chi connectivity index (χ3v) is 3.52. The molecule has 1 nitrogen and oxygen atoms in total. The molecule has 0 aromatic rings. The van der Waals surface area contributed by atoms with E-state index in [1.54, 1.807) is 0 Å². The van der Waals surface area contributed by atoms with Gasteiger partial charge < -0.3 is 0 Å².